The third-order valence-corrected chi connectivity index (χ3v) is 21.7. The Labute approximate surface area is 743 Å². The van der Waals surface area contributed by atoms with Crippen molar-refractivity contribution in [3.8, 4) is 0 Å². The summed E-state index contributed by atoms with van der Waals surface area (Å²) in [6, 6.07) is 0. The molecule has 0 aromatic carbocycles. The Morgan fingerprint density at radius 2 is 0.543 bits per heavy atom. The Bertz CT molecular complexity index is 3240. The summed E-state index contributed by atoms with van der Waals surface area (Å²) in [7, 11) is 6.54. The van der Waals surface area contributed by atoms with Crippen molar-refractivity contribution in [3.63, 3.8) is 0 Å². The first kappa shape index (κ1) is 115. The Hall–Kier alpha value is -6.51. The molecule has 0 aromatic rings. The molecular formula is C85H144O42. The maximum atomic E-state index is 13.8. The van der Waals surface area contributed by atoms with Crippen LogP contribution in [0.5, 0.6) is 0 Å². The number of carbonyl (C=O) groups is 9. The highest BCUT2D eigenvalue weighted by atomic mass is 16.8. The predicted molar refractivity (Wildman–Crippen MR) is 440 cm³/mol. The van der Waals surface area contributed by atoms with Crippen molar-refractivity contribution in [1.29, 1.82) is 0 Å². The van der Waals surface area contributed by atoms with Gasteiger partial charge in [-0.2, -0.15) is 0 Å². The molecule has 0 spiro atoms. The van der Waals surface area contributed by atoms with Crippen LogP contribution in [-0.2, 0) is 152 Å². The summed E-state index contributed by atoms with van der Waals surface area (Å²) in [4.78, 5) is 114. The molecule has 0 radical (unpaired) electrons. The zero-order chi connectivity index (χ0) is 95.5. The Kier molecular flexibility index (Phi) is 54.6. The normalized spacial score (nSPS) is 31.3. The van der Waals surface area contributed by atoms with Crippen LogP contribution in [0.15, 0.2) is 38.0 Å². The number of aliphatic hydroxyl groups excluding tert-OH is 10. The van der Waals surface area contributed by atoms with E-state index in [0.717, 1.165) is 18.2 Å². The second-order valence-electron chi connectivity index (χ2n) is 31.3. The number of aliphatic hydroxyl groups is 10. The number of carbonyl (C=O) groups excluding carboxylic acids is 9. The van der Waals surface area contributed by atoms with Crippen molar-refractivity contribution in [2.45, 2.75) is 313 Å². The lowest BCUT2D eigenvalue weighted by Crippen LogP contribution is -2.59. The molecule has 0 amide bonds. The van der Waals surface area contributed by atoms with Crippen LogP contribution in [0.4, 0.5) is 0 Å². The van der Waals surface area contributed by atoms with Gasteiger partial charge in [-0.25, -0.2) is 14.4 Å². The minimum absolute atomic E-state index is 0. The number of hydrogen-bond acceptors (Lipinski definition) is 42. The molecule has 0 saturated carbocycles. The van der Waals surface area contributed by atoms with Gasteiger partial charge in [0.1, 0.15) is 87.5 Å². The van der Waals surface area contributed by atoms with Crippen molar-refractivity contribution in [1.82, 2.24) is 0 Å². The van der Waals surface area contributed by atoms with Gasteiger partial charge in [0.15, 0.2) is 62.0 Å². The predicted octanol–water partition coefficient (Wildman–Crippen LogP) is 0.971. The van der Waals surface area contributed by atoms with Crippen LogP contribution in [-0.4, -0.2) is 372 Å². The van der Waals surface area contributed by atoms with Crippen LogP contribution in [0.3, 0.4) is 0 Å². The van der Waals surface area contributed by atoms with E-state index < -0.39 is 249 Å². The van der Waals surface area contributed by atoms with Crippen LogP contribution in [0.1, 0.15) is 148 Å². The van der Waals surface area contributed by atoms with Crippen molar-refractivity contribution >= 4 is 53.7 Å². The molecular weight excluding hydrogens is 1690 g/mol. The summed E-state index contributed by atoms with van der Waals surface area (Å²) in [6.45, 7) is 28.6. The van der Waals surface area contributed by atoms with Gasteiger partial charge in [-0.15, -0.1) is 0 Å². The lowest BCUT2D eigenvalue weighted by molar-refractivity contribution is -0.294. The maximum absolute atomic E-state index is 13.8. The van der Waals surface area contributed by atoms with Gasteiger partial charge in [-0.3, -0.25) is 28.8 Å². The Balaban J connectivity index is 0.00000123. The summed E-state index contributed by atoms with van der Waals surface area (Å²) in [5.74, 6) is -12.3. The summed E-state index contributed by atoms with van der Waals surface area (Å²) in [5.41, 5.74) is 0. The monoisotopic (exact) mass is 1840 g/mol. The molecule has 33 unspecified atom stereocenters. The molecule has 10 N–H and O–H groups in total. The van der Waals surface area contributed by atoms with Gasteiger partial charge in [-0.1, -0.05) is 82.1 Å². The molecule has 127 heavy (non-hydrogen) atoms. The van der Waals surface area contributed by atoms with Gasteiger partial charge in [-0.05, 0) is 84.5 Å². The van der Waals surface area contributed by atoms with Gasteiger partial charge in [0.2, 0.25) is 0 Å². The van der Waals surface area contributed by atoms with Gasteiger partial charge in [0, 0.05) is 55.2 Å². The standard InChI is InChI=1S/C61H104O30.C13H20O6.C11H18O6.H2/c1-14-36-40(62)44(66)48(58(76-10)84-36)88-52(70)29(5)18-20-34(26-31(7)54(72)90-50-46(68)42(64)38(16-3)86-60(50)78-12)56(74)82-23-22-80-28-33(9)81-24-25-83-57(75)35(27-32(8)55(73)91-51-47(69)43(65)39(17-4)87-61(51)79-13)21-19-30(6)53(71)89-49-45(67)41(63)37(15-2)85-59(49)77-11;1-4-12(14)18-7-6-16-10-11(3)17-8-9-19-13(15)5-2;1-4-6-8(13)9(14)10(11(15-3)16-6)17-7(12)5-2;/h29-51,58-69H,14-28H2,1-13H3;4-5,11H,1-2,6-10H2,3H3;5-6,8-11,13-14H,2,4H2,1,3H3;1H. The molecule has 5 fully saturated rings. The molecule has 33 atom stereocenters. The molecule has 5 aliphatic rings. The van der Waals surface area contributed by atoms with Crippen LogP contribution < -0.4 is 0 Å². The molecule has 5 rings (SSSR count). The quantitative estimate of drug-likeness (QED) is 0.0176. The second kappa shape index (κ2) is 60.5. The fraction of sp³-hybridized carbons (Fsp3) is 0.824. The van der Waals surface area contributed by atoms with E-state index in [4.69, 9.17) is 109 Å². The number of methoxy groups -OCH3 is 5. The highest BCUT2D eigenvalue weighted by Gasteiger charge is 2.52. The van der Waals surface area contributed by atoms with Crippen LogP contribution >= 0.6 is 0 Å². The first-order chi connectivity index (χ1) is 60.3. The van der Waals surface area contributed by atoms with E-state index in [0.29, 0.717) is 45.3 Å². The Morgan fingerprint density at radius 3 is 0.795 bits per heavy atom. The van der Waals surface area contributed by atoms with Crippen molar-refractivity contribution < 1.29 is 205 Å². The van der Waals surface area contributed by atoms with E-state index in [1.165, 1.54) is 63.2 Å². The average Bonchev–Trinajstić information content (AvgIpc) is 0.827. The van der Waals surface area contributed by atoms with E-state index in [1.807, 2.05) is 13.8 Å². The number of esters is 9. The number of rotatable bonds is 52. The zero-order valence-electron chi connectivity index (χ0n) is 75.8. The van der Waals surface area contributed by atoms with Crippen molar-refractivity contribution in [2.75, 3.05) is 102 Å². The van der Waals surface area contributed by atoms with Crippen molar-refractivity contribution in [3.05, 3.63) is 38.0 Å². The highest BCUT2D eigenvalue weighted by molar-refractivity contribution is 5.82. The number of hydrogen-bond donors (Lipinski definition) is 10. The SMILES string of the molecule is C=CC(=O)OC1C(OC)OC(CC)C(O)C1O.C=CC(=O)OCCOCC(C)OCCOC(=O)C=C.CCC1OC(OC)C(OC(=O)C(C)CCC(CC(C)C(=O)OC2C(OC)OC(CC)C(O)C2O)C(=O)OCCOCC(C)OCCOC(=O)C(CCC(C)C(=O)OC2C(OC)OC(CC)C(O)C2O)CC(C)C(=O)OC2C(OC)OC(CC)C(O)C2O)C(O)C1O.[HH]. The highest BCUT2D eigenvalue weighted by Crippen LogP contribution is 2.35. The van der Waals surface area contributed by atoms with Gasteiger partial charge >= 0.3 is 53.7 Å². The summed E-state index contributed by atoms with van der Waals surface area (Å²) in [5, 5.41) is 105. The summed E-state index contributed by atoms with van der Waals surface area (Å²) >= 11 is 0. The van der Waals surface area contributed by atoms with E-state index in [1.54, 1.807) is 34.6 Å². The van der Waals surface area contributed by atoms with Gasteiger partial charge in [0.05, 0.1) is 118 Å². The molecule has 42 heteroatoms. The van der Waals surface area contributed by atoms with E-state index in [-0.39, 0.29) is 98.9 Å². The van der Waals surface area contributed by atoms with Crippen LogP contribution in [0.25, 0.3) is 0 Å². The fourth-order valence-electron chi connectivity index (χ4n) is 14.0. The van der Waals surface area contributed by atoms with Crippen LogP contribution in [0, 0.1) is 35.5 Å². The van der Waals surface area contributed by atoms with Gasteiger partial charge in [0.25, 0.3) is 0 Å². The maximum Gasteiger partial charge on any atom is 0.330 e. The first-order valence-corrected chi connectivity index (χ1v) is 43.0. The molecule has 736 valence electrons. The topological polar surface area (TPSA) is 568 Å². The molecule has 0 aliphatic carbocycles. The first-order valence-electron chi connectivity index (χ1n) is 43.0. The molecule has 0 aromatic heterocycles. The summed E-state index contributed by atoms with van der Waals surface area (Å²) < 4.78 is 125. The Morgan fingerprint density at radius 1 is 0.307 bits per heavy atom. The average molecular weight is 1840 g/mol. The van der Waals surface area contributed by atoms with E-state index in [2.05, 4.69) is 19.7 Å². The fourth-order valence-corrected chi connectivity index (χ4v) is 14.0. The molecule has 5 heterocycles. The van der Waals surface area contributed by atoms with Gasteiger partial charge < -0.3 is 160 Å². The minimum Gasteiger partial charge on any atom is -0.463 e. The third kappa shape index (κ3) is 36.9. The molecule has 5 saturated heterocycles. The molecule has 5 aliphatic heterocycles. The van der Waals surface area contributed by atoms with Crippen LogP contribution in [0.2, 0.25) is 0 Å². The second-order valence-corrected chi connectivity index (χ2v) is 31.3. The minimum atomic E-state index is -1.56. The lowest BCUT2D eigenvalue weighted by atomic mass is 9.89. The molecule has 0 bridgehead atoms. The van der Waals surface area contributed by atoms with Crippen molar-refractivity contribution in [2.24, 2.45) is 35.5 Å². The molecule has 42 nitrogen and oxygen atoms in total. The zero-order valence-corrected chi connectivity index (χ0v) is 75.8. The summed E-state index contributed by atoms with van der Waals surface area (Å²) in [6.07, 6.45) is -26.0. The third-order valence-electron chi connectivity index (χ3n) is 21.7. The smallest absolute Gasteiger partial charge is 0.330 e. The van der Waals surface area contributed by atoms with E-state index in [9.17, 15) is 94.2 Å². The largest absolute Gasteiger partial charge is 0.463 e. The lowest BCUT2D eigenvalue weighted by Gasteiger charge is -2.41. The number of ether oxygens (including phenoxy) is 23. The van der Waals surface area contributed by atoms with E-state index >= 15 is 0 Å².